The van der Waals surface area contributed by atoms with Gasteiger partial charge in [-0.25, -0.2) is 5.43 Å². The number of carbonyl (C=O) groups is 1. The van der Waals surface area contributed by atoms with Crippen LogP contribution in [0.25, 0.3) is 0 Å². The number of rotatable bonds is 11. The molecule has 0 aromatic carbocycles. The number of aromatic nitrogens is 1. The first-order valence-corrected chi connectivity index (χ1v) is 7.66. The van der Waals surface area contributed by atoms with Gasteiger partial charge >= 0.3 is 0 Å². The lowest BCUT2D eigenvalue weighted by atomic mass is 10.1. The second-order valence-corrected chi connectivity index (χ2v) is 5.02. The predicted molar refractivity (Wildman–Crippen MR) is 87.1 cm³/mol. The molecule has 0 unspecified atom stereocenters. The van der Waals surface area contributed by atoms with E-state index in [0.717, 1.165) is 24.8 Å². The maximum atomic E-state index is 11.6. The summed E-state index contributed by atoms with van der Waals surface area (Å²) in [6, 6.07) is 3.67. The third-order valence-electron chi connectivity index (χ3n) is 3.17. The highest BCUT2D eigenvalue weighted by molar-refractivity contribution is 5.82. The number of unbranched alkanes of at least 4 members (excludes halogenated alkanes) is 6. The van der Waals surface area contributed by atoms with Gasteiger partial charge in [0.05, 0.1) is 6.21 Å². The number of nitrogens with one attached hydrogen (secondary N) is 1. The smallest absolute Gasteiger partial charge is 0.240 e. The Morgan fingerprint density at radius 1 is 1.14 bits per heavy atom. The van der Waals surface area contributed by atoms with Gasteiger partial charge in [0.15, 0.2) is 0 Å². The summed E-state index contributed by atoms with van der Waals surface area (Å²) in [5, 5.41) is 3.93. The van der Waals surface area contributed by atoms with Gasteiger partial charge in [-0.3, -0.25) is 9.78 Å². The van der Waals surface area contributed by atoms with E-state index in [1.807, 2.05) is 18.2 Å². The lowest BCUT2D eigenvalue weighted by molar-refractivity contribution is -0.121. The molecular formula is C17H25N3O. The predicted octanol–water partition coefficient (Wildman–Crippen LogP) is 3.84. The summed E-state index contributed by atoms with van der Waals surface area (Å²) in [7, 11) is 0. The van der Waals surface area contributed by atoms with Gasteiger partial charge in [0.1, 0.15) is 0 Å². The van der Waals surface area contributed by atoms with Crippen molar-refractivity contribution in [2.45, 2.75) is 51.4 Å². The Morgan fingerprint density at radius 3 is 2.52 bits per heavy atom. The molecule has 0 aliphatic heterocycles. The van der Waals surface area contributed by atoms with Gasteiger partial charge in [0, 0.05) is 18.8 Å². The monoisotopic (exact) mass is 287 g/mol. The van der Waals surface area contributed by atoms with E-state index in [2.05, 4.69) is 22.1 Å². The first-order valence-electron chi connectivity index (χ1n) is 7.66. The minimum absolute atomic E-state index is 0.0213. The molecule has 1 rings (SSSR count). The van der Waals surface area contributed by atoms with Crippen LogP contribution in [-0.2, 0) is 4.79 Å². The third-order valence-corrected chi connectivity index (χ3v) is 3.17. The number of pyridine rings is 1. The van der Waals surface area contributed by atoms with E-state index in [1.54, 1.807) is 18.6 Å². The van der Waals surface area contributed by atoms with E-state index >= 15 is 0 Å². The van der Waals surface area contributed by atoms with Crippen LogP contribution in [0, 0.1) is 0 Å². The first kappa shape index (κ1) is 17.1. The van der Waals surface area contributed by atoms with Gasteiger partial charge in [-0.1, -0.05) is 31.8 Å². The van der Waals surface area contributed by atoms with Gasteiger partial charge in [-0.05, 0) is 37.0 Å². The summed E-state index contributed by atoms with van der Waals surface area (Å²) in [6.45, 7) is 3.71. The molecule has 4 heteroatoms. The van der Waals surface area contributed by atoms with Gasteiger partial charge in [-0.15, -0.1) is 6.58 Å². The maximum Gasteiger partial charge on any atom is 0.240 e. The molecule has 1 aromatic heterocycles. The molecule has 0 saturated heterocycles. The molecule has 4 nitrogen and oxygen atoms in total. The molecule has 0 aliphatic carbocycles. The molecule has 114 valence electrons. The van der Waals surface area contributed by atoms with Crippen LogP contribution in [-0.4, -0.2) is 17.1 Å². The SMILES string of the molecule is C=CCCCCCCCCC(=O)NN=Cc1ccncc1. The number of allylic oxidation sites excluding steroid dienone is 1. The molecule has 1 aromatic rings. The highest BCUT2D eigenvalue weighted by Gasteiger charge is 1.99. The molecule has 0 spiro atoms. The lowest BCUT2D eigenvalue weighted by Gasteiger charge is -2.01. The van der Waals surface area contributed by atoms with Crippen molar-refractivity contribution >= 4 is 12.1 Å². The van der Waals surface area contributed by atoms with E-state index in [0.29, 0.717) is 6.42 Å². The van der Waals surface area contributed by atoms with Crippen molar-refractivity contribution in [2.24, 2.45) is 5.10 Å². The number of hydrogen-bond donors (Lipinski definition) is 1. The second kappa shape index (κ2) is 11.8. The zero-order chi connectivity index (χ0) is 15.2. The van der Waals surface area contributed by atoms with Crippen molar-refractivity contribution in [1.82, 2.24) is 10.4 Å². The van der Waals surface area contributed by atoms with E-state index in [9.17, 15) is 4.79 Å². The van der Waals surface area contributed by atoms with E-state index < -0.39 is 0 Å². The van der Waals surface area contributed by atoms with Crippen LogP contribution in [0.2, 0.25) is 0 Å². The standard InChI is InChI=1S/C17H25N3O/c1-2-3-4-5-6-7-8-9-10-17(21)20-19-15-16-11-13-18-14-12-16/h2,11-15H,1,3-10H2,(H,20,21). The molecule has 0 radical (unpaired) electrons. The van der Waals surface area contributed by atoms with Crippen molar-refractivity contribution in [3.05, 3.63) is 42.7 Å². The van der Waals surface area contributed by atoms with Gasteiger partial charge in [0.25, 0.3) is 0 Å². The Balaban J connectivity index is 1.99. The molecule has 1 heterocycles. The third kappa shape index (κ3) is 9.55. The van der Waals surface area contributed by atoms with Crippen molar-refractivity contribution in [3.63, 3.8) is 0 Å². The largest absolute Gasteiger partial charge is 0.273 e. The Labute approximate surface area is 127 Å². The van der Waals surface area contributed by atoms with E-state index in [-0.39, 0.29) is 5.91 Å². The van der Waals surface area contributed by atoms with Gasteiger partial charge in [0.2, 0.25) is 5.91 Å². The van der Waals surface area contributed by atoms with Crippen LogP contribution in [0.5, 0.6) is 0 Å². The van der Waals surface area contributed by atoms with Crippen LogP contribution in [0.1, 0.15) is 56.9 Å². The topological polar surface area (TPSA) is 54.4 Å². The maximum absolute atomic E-state index is 11.6. The number of amides is 1. The van der Waals surface area contributed by atoms with Crippen LogP contribution in [0.3, 0.4) is 0 Å². The van der Waals surface area contributed by atoms with Crippen LogP contribution in [0.15, 0.2) is 42.3 Å². The molecular weight excluding hydrogens is 262 g/mol. The summed E-state index contributed by atoms with van der Waals surface area (Å²) in [6.07, 6.45) is 15.6. The number of hydrogen-bond acceptors (Lipinski definition) is 3. The molecule has 1 N–H and O–H groups in total. The summed E-state index contributed by atoms with van der Waals surface area (Å²) >= 11 is 0. The highest BCUT2D eigenvalue weighted by Crippen LogP contribution is 2.08. The summed E-state index contributed by atoms with van der Waals surface area (Å²) in [5.74, 6) is -0.0213. The Bertz CT molecular complexity index is 429. The van der Waals surface area contributed by atoms with Crippen molar-refractivity contribution < 1.29 is 4.79 Å². The normalized spacial score (nSPS) is 10.7. The summed E-state index contributed by atoms with van der Waals surface area (Å²) in [5.41, 5.74) is 3.47. The minimum Gasteiger partial charge on any atom is -0.273 e. The number of hydrazone groups is 1. The first-order chi connectivity index (χ1) is 10.3. The summed E-state index contributed by atoms with van der Waals surface area (Å²) < 4.78 is 0. The molecule has 0 atom stereocenters. The van der Waals surface area contributed by atoms with Crippen LogP contribution in [0.4, 0.5) is 0 Å². The fourth-order valence-corrected chi connectivity index (χ4v) is 1.97. The second-order valence-electron chi connectivity index (χ2n) is 5.02. The molecule has 0 bridgehead atoms. The zero-order valence-corrected chi connectivity index (χ0v) is 12.6. The number of carbonyl (C=O) groups excluding carboxylic acids is 1. The minimum atomic E-state index is -0.0213. The Morgan fingerprint density at radius 2 is 1.81 bits per heavy atom. The molecule has 1 amide bonds. The summed E-state index contributed by atoms with van der Waals surface area (Å²) in [4.78, 5) is 15.5. The molecule has 0 aliphatic rings. The lowest BCUT2D eigenvalue weighted by Crippen LogP contribution is -2.16. The molecule has 21 heavy (non-hydrogen) atoms. The zero-order valence-electron chi connectivity index (χ0n) is 12.6. The fraction of sp³-hybridized carbons (Fsp3) is 0.471. The van der Waals surface area contributed by atoms with Crippen LogP contribution >= 0.6 is 0 Å². The van der Waals surface area contributed by atoms with Gasteiger partial charge < -0.3 is 0 Å². The van der Waals surface area contributed by atoms with E-state index in [1.165, 1.54) is 25.7 Å². The Hall–Kier alpha value is -1.97. The van der Waals surface area contributed by atoms with Crippen LogP contribution < -0.4 is 5.43 Å². The van der Waals surface area contributed by atoms with E-state index in [4.69, 9.17) is 0 Å². The quantitative estimate of drug-likeness (QED) is 0.291. The average Bonchev–Trinajstić information content (AvgIpc) is 2.51. The fourth-order valence-electron chi connectivity index (χ4n) is 1.97. The number of nitrogens with zero attached hydrogens (tertiary/aromatic N) is 2. The van der Waals surface area contributed by atoms with Crippen molar-refractivity contribution in [1.29, 1.82) is 0 Å². The molecule has 0 saturated carbocycles. The molecule has 0 fully saturated rings. The van der Waals surface area contributed by atoms with Crippen molar-refractivity contribution in [3.8, 4) is 0 Å². The highest BCUT2D eigenvalue weighted by atomic mass is 16.2. The average molecular weight is 287 g/mol. The van der Waals surface area contributed by atoms with Gasteiger partial charge in [-0.2, -0.15) is 5.10 Å². The Kier molecular flexibility index (Phi) is 9.62. The van der Waals surface area contributed by atoms with Crippen molar-refractivity contribution in [2.75, 3.05) is 0 Å².